The number of rotatable bonds is 1. The third-order valence-electron chi connectivity index (χ3n) is 2.09. The van der Waals surface area contributed by atoms with Crippen LogP contribution in [0.2, 0.25) is 0 Å². The Kier molecular flexibility index (Phi) is 3.86. The molecule has 82 valence electrons. The molecule has 0 bridgehead atoms. The number of nitrogens with zero attached hydrogens (tertiary/aromatic N) is 1. The molecule has 3 nitrogen and oxygen atoms in total. The Morgan fingerprint density at radius 2 is 1.43 bits per heavy atom. The molecule has 0 atom stereocenters. The van der Waals surface area contributed by atoms with E-state index in [2.05, 4.69) is 31.3 Å². The third-order valence-corrected chi connectivity index (χ3v) is 2.09. The molecule has 0 aliphatic carbocycles. The minimum absolute atomic E-state index is 0.00512. The SMILES string of the molecule is C/C(=N\NC(=O)C(C)(C)C)C(C)(C)C. The van der Waals surface area contributed by atoms with Crippen molar-refractivity contribution in [2.24, 2.45) is 15.9 Å². The highest BCUT2D eigenvalue weighted by Gasteiger charge is 2.21. The number of nitrogens with one attached hydrogen (secondary N) is 1. The molecular weight excluding hydrogens is 176 g/mol. The topological polar surface area (TPSA) is 41.5 Å². The summed E-state index contributed by atoms with van der Waals surface area (Å²) in [6, 6.07) is 0. The highest BCUT2D eigenvalue weighted by molar-refractivity contribution is 5.89. The molecule has 0 aromatic carbocycles. The lowest BCUT2D eigenvalue weighted by Crippen LogP contribution is -2.33. The van der Waals surface area contributed by atoms with E-state index in [1.54, 1.807) is 0 Å². The van der Waals surface area contributed by atoms with E-state index in [4.69, 9.17) is 0 Å². The molecule has 14 heavy (non-hydrogen) atoms. The second kappa shape index (κ2) is 4.11. The van der Waals surface area contributed by atoms with Crippen molar-refractivity contribution in [1.82, 2.24) is 5.43 Å². The van der Waals surface area contributed by atoms with Gasteiger partial charge in [0.2, 0.25) is 5.91 Å². The first-order valence-corrected chi connectivity index (χ1v) is 4.90. The van der Waals surface area contributed by atoms with E-state index < -0.39 is 0 Å². The Balaban J connectivity index is 4.39. The Morgan fingerprint density at radius 3 is 1.71 bits per heavy atom. The summed E-state index contributed by atoms with van der Waals surface area (Å²) in [5.74, 6) is -0.0545. The molecule has 0 radical (unpaired) electrons. The van der Waals surface area contributed by atoms with Crippen LogP contribution in [-0.2, 0) is 4.79 Å². The average molecular weight is 198 g/mol. The molecule has 3 heteroatoms. The van der Waals surface area contributed by atoms with Gasteiger partial charge in [0.1, 0.15) is 0 Å². The third kappa shape index (κ3) is 4.40. The zero-order chi connectivity index (χ0) is 11.6. The maximum Gasteiger partial charge on any atom is 0.245 e. The quantitative estimate of drug-likeness (QED) is 0.510. The number of hydrogen-bond acceptors (Lipinski definition) is 2. The van der Waals surface area contributed by atoms with Gasteiger partial charge in [-0.05, 0) is 6.92 Å². The number of carbonyl (C=O) groups excluding carboxylic acids is 1. The number of hydrazone groups is 1. The predicted octanol–water partition coefficient (Wildman–Crippen LogP) is 2.57. The van der Waals surface area contributed by atoms with Crippen LogP contribution in [0.25, 0.3) is 0 Å². The monoisotopic (exact) mass is 198 g/mol. The highest BCUT2D eigenvalue weighted by Crippen LogP contribution is 2.16. The largest absolute Gasteiger partial charge is 0.273 e. The first-order valence-electron chi connectivity index (χ1n) is 4.90. The molecule has 0 rings (SSSR count). The summed E-state index contributed by atoms with van der Waals surface area (Å²) < 4.78 is 0. The second-order valence-electron chi connectivity index (χ2n) is 5.64. The normalized spacial score (nSPS) is 14.1. The van der Waals surface area contributed by atoms with Gasteiger partial charge in [-0.15, -0.1) is 0 Å². The van der Waals surface area contributed by atoms with Gasteiger partial charge in [-0.1, -0.05) is 41.5 Å². The number of hydrogen-bond donors (Lipinski definition) is 1. The molecule has 0 aliphatic rings. The van der Waals surface area contributed by atoms with Crippen molar-refractivity contribution in [3.05, 3.63) is 0 Å². The lowest BCUT2D eigenvalue weighted by atomic mass is 9.91. The smallest absolute Gasteiger partial charge is 0.245 e. The van der Waals surface area contributed by atoms with Crippen LogP contribution in [-0.4, -0.2) is 11.6 Å². The molecule has 0 saturated heterocycles. The van der Waals surface area contributed by atoms with Crippen molar-refractivity contribution in [3.8, 4) is 0 Å². The van der Waals surface area contributed by atoms with E-state index in [0.29, 0.717) is 0 Å². The molecular formula is C11H22N2O. The first kappa shape index (κ1) is 13.1. The Hall–Kier alpha value is -0.860. The maximum absolute atomic E-state index is 11.5. The molecule has 0 aromatic rings. The van der Waals surface area contributed by atoms with E-state index in [0.717, 1.165) is 5.71 Å². The van der Waals surface area contributed by atoms with Crippen LogP contribution in [0.4, 0.5) is 0 Å². The van der Waals surface area contributed by atoms with Crippen LogP contribution in [0, 0.1) is 10.8 Å². The minimum Gasteiger partial charge on any atom is -0.273 e. The van der Waals surface area contributed by atoms with Gasteiger partial charge >= 0.3 is 0 Å². The molecule has 0 spiro atoms. The van der Waals surface area contributed by atoms with Crippen molar-refractivity contribution in [2.45, 2.75) is 48.5 Å². The van der Waals surface area contributed by atoms with Crippen LogP contribution in [0.5, 0.6) is 0 Å². The molecule has 0 fully saturated rings. The van der Waals surface area contributed by atoms with Crippen LogP contribution < -0.4 is 5.43 Å². The fraction of sp³-hybridized carbons (Fsp3) is 0.818. The zero-order valence-electron chi connectivity index (χ0n) is 10.4. The van der Waals surface area contributed by atoms with Gasteiger partial charge < -0.3 is 0 Å². The average Bonchev–Trinajstić information content (AvgIpc) is 1.95. The Labute approximate surface area is 87.0 Å². The summed E-state index contributed by atoms with van der Waals surface area (Å²) in [4.78, 5) is 11.5. The van der Waals surface area contributed by atoms with Crippen molar-refractivity contribution in [2.75, 3.05) is 0 Å². The van der Waals surface area contributed by atoms with Gasteiger partial charge in [0.05, 0.1) is 0 Å². The Bertz CT molecular complexity index is 241. The van der Waals surface area contributed by atoms with Gasteiger partial charge in [0, 0.05) is 16.5 Å². The van der Waals surface area contributed by atoms with Crippen molar-refractivity contribution in [1.29, 1.82) is 0 Å². The second-order valence-corrected chi connectivity index (χ2v) is 5.64. The summed E-state index contributed by atoms with van der Waals surface area (Å²) >= 11 is 0. The Morgan fingerprint density at radius 1 is 1.00 bits per heavy atom. The standard InChI is InChI=1S/C11H22N2O/c1-8(10(2,3)4)12-13-9(14)11(5,6)7/h1-7H3,(H,13,14)/b12-8+. The summed E-state index contributed by atoms with van der Waals surface area (Å²) in [5, 5.41) is 4.08. The lowest BCUT2D eigenvalue weighted by molar-refractivity contribution is -0.128. The summed E-state index contributed by atoms with van der Waals surface area (Å²) in [7, 11) is 0. The fourth-order valence-corrected chi connectivity index (χ4v) is 0.470. The number of amides is 1. The van der Waals surface area contributed by atoms with Gasteiger partial charge in [0.15, 0.2) is 0 Å². The maximum atomic E-state index is 11.5. The molecule has 0 aromatic heterocycles. The van der Waals surface area contributed by atoms with Crippen LogP contribution in [0.3, 0.4) is 0 Å². The van der Waals surface area contributed by atoms with E-state index >= 15 is 0 Å². The highest BCUT2D eigenvalue weighted by atomic mass is 16.2. The fourth-order valence-electron chi connectivity index (χ4n) is 0.470. The molecule has 0 unspecified atom stereocenters. The van der Waals surface area contributed by atoms with Gasteiger partial charge in [-0.3, -0.25) is 4.79 Å². The van der Waals surface area contributed by atoms with Crippen LogP contribution >= 0.6 is 0 Å². The molecule has 1 amide bonds. The van der Waals surface area contributed by atoms with Crippen molar-refractivity contribution < 1.29 is 4.79 Å². The van der Waals surface area contributed by atoms with E-state index in [1.807, 2.05) is 27.7 Å². The van der Waals surface area contributed by atoms with Gasteiger partial charge in [-0.2, -0.15) is 5.10 Å². The predicted molar refractivity (Wildman–Crippen MR) is 60.2 cm³/mol. The summed E-state index contributed by atoms with van der Waals surface area (Å²) in [6.07, 6.45) is 0. The summed E-state index contributed by atoms with van der Waals surface area (Å²) in [5.41, 5.74) is 3.12. The van der Waals surface area contributed by atoms with Crippen LogP contribution in [0.15, 0.2) is 5.10 Å². The van der Waals surface area contributed by atoms with E-state index in [9.17, 15) is 4.79 Å². The lowest BCUT2D eigenvalue weighted by Gasteiger charge is -2.20. The van der Waals surface area contributed by atoms with Gasteiger partial charge in [-0.25, -0.2) is 5.43 Å². The van der Waals surface area contributed by atoms with Crippen molar-refractivity contribution >= 4 is 11.6 Å². The number of carbonyl (C=O) groups is 1. The molecule has 0 heterocycles. The van der Waals surface area contributed by atoms with Crippen LogP contribution in [0.1, 0.15) is 48.5 Å². The zero-order valence-corrected chi connectivity index (χ0v) is 10.4. The van der Waals surface area contributed by atoms with E-state index in [-0.39, 0.29) is 16.7 Å². The molecule has 0 aliphatic heterocycles. The van der Waals surface area contributed by atoms with E-state index in [1.165, 1.54) is 0 Å². The molecule has 0 saturated carbocycles. The minimum atomic E-state index is -0.387. The van der Waals surface area contributed by atoms with Gasteiger partial charge in [0.25, 0.3) is 0 Å². The summed E-state index contributed by atoms with van der Waals surface area (Å²) in [6.45, 7) is 13.7. The first-order chi connectivity index (χ1) is 6.05. The van der Waals surface area contributed by atoms with Crippen molar-refractivity contribution in [3.63, 3.8) is 0 Å². The molecule has 1 N–H and O–H groups in total.